The van der Waals surface area contributed by atoms with Crippen LogP contribution < -0.4 is 10.1 Å². The first-order valence-corrected chi connectivity index (χ1v) is 8.36. The molecule has 0 saturated heterocycles. The number of ether oxygens (including phenoxy) is 1. The van der Waals surface area contributed by atoms with Crippen LogP contribution in [0.4, 0.5) is 0 Å². The molecule has 1 aliphatic heterocycles. The Kier molecular flexibility index (Phi) is 4.20. The molecule has 3 rings (SSSR count). The average molecular weight is 290 g/mol. The third-order valence-electron chi connectivity index (χ3n) is 4.29. The molecule has 0 bridgehead atoms. The number of fused-ring (bicyclic) bond motifs is 1. The quantitative estimate of drug-likeness (QED) is 0.923. The topological polar surface area (TPSA) is 33.6 Å². The van der Waals surface area contributed by atoms with E-state index < -0.39 is 0 Å². The molecule has 0 amide bonds. The van der Waals surface area contributed by atoms with Crippen molar-refractivity contribution in [3.8, 4) is 5.75 Å². The second kappa shape index (κ2) is 6.08. The zero-order valence-corrected chi connectivity index (χ0v) is 13.0. The minimum atomic E-state index is 0.283. The number of benzene rings is 1. The molecule has 3 nitrogen and oxygen atoms in total. The number of nitrogens with zero attached hydrogens (tertiary/aromatic N) is 1. The first-order chi connectivity index (χ1) is 9.76. The summed E-state index contributed by atoms with van der Waals surface area (Å²) in [7, 11) is 1.70. The summed E-state index contributed by atoms with van der Waals surface area (Å²) in [6, 6.07) is 9.10. The molecule has 1 fully saturated rings. The summed E-state index contributed by atoms with van der Waals surface area (Å²) in [4.78, 5) is 4.89. The molecule has 1 heterocycles. The van der Waals surface area contributed by atoms with E-state index in [4.69, 9.17) is 9.73 Å². The summed E-state index contributed by atoms with van der Waals surface area (Å²) in [5.41, 5.74) is 1.27. The number of aliphatic imine (C=N–C) groups is 1. The van der Waals surface area contributed by atoms with Crippen molar-refractivity contribution in [2.45, 2.75) is 38.3 Å². The summed E-state index contributed by atoms with van der Waals surface area (Å²) in [5.74, 6) is 2.95. The van der Waals surface area contributed by atoms with E-state index in [9.17, 15) is 0 Å². The van der Waals surface area contributed by atoms with Crippen LogP contribution >= 0.6 is 11.8 Å². The van der Waals surface area contributed by atoms with Crippen molar-refractivity contribution in [3.05, 3.63) is 29.8 Å². The van der Waals surface area contributed by atoms with Crippen LogP contribution in [0.25, 0.3) is 0 Å². The molecule has 3 unspecified atom stereocenters. The molecule has 1 aromatic carbocycles. The van der Waals surface area contributed by atoms with Gasteiger partial charge in [0.15, 0.2) is 5.17 Å². The van der Waals surface area contributed by atoms with E-state index in [1.54, 1.807) is 7.11 Å². The smallest absolute Gasteiger partial charge is 0.157 e. The first-order valence-electron chi connectivity index (χ1n) is 7.37. The normalized spacial score (nSPS) is 26.6. The van der Waals surface area contributed by atoms with E-state index in [-0.39, 0.29) is 6.04 Å². The van der Waals surface area contributed by atoms with Crippen LogP contribution in [0, 0.1) is 5.92 Å². The zero-order chi connectivity index (χ0) is 13.9. The minimum Gasteiger partial charge on any atom is -0.497 e. The Morgan fingerprint density at radius 3 is 2.85 bits per heavy atom. The Morgan fingerprint density at radius 2 is 2.10 bits per heavy atom. The third kappa shape index (κ3) is 2.95. The van der Waals surface area contributed by atoms with Gasteiger partial charge in [0.25, 0.3) is 0 Å². The lowest BCUT2D eigenvalue weighted by Gasteiger charge is -2.25. The molecule has 4 heteroatoms. The number of rotatable bonds is 3. The lowest BCUT2D eigenvalue weighted by Crippen LogP contribution is -2.31. The van der Waals surface area contributed by atoms with Gasteiger partial charge >= 0.3 is 0 Å². The molecule has 1 aromatic rings. The highest BCUT2D eigenvalue weighted by Gasteiger charge is 2.31. The van der Waals surface area contributed by atoms with Gasteiger partial charge in [-0.2, -0.15) is 0 Å². The van der Waals surface area contributed by atoms with Crippen molar-refractivity contribution in [1.82, 2.24) is 5.32 Å². The zero-order valence-electron chi connectivity index (χ0n) is 12.1. The second-order valence-corrected chi connectivity index (χ2v) is 6.65. The minimum absolute atomic E-state index is 0.283. The van der Waals surface area contributed by atoms with Crippen LogP contribution in [0.3, 0.4) is 0 Å². The standard InChI is InChI=1S/C16H22N2OS/c1-11(12-6-8-14(19-2)9-7-12)17-16-18-15-5-3-4-13(15)10-20-16/h6-9,11,13,15H,3-5,10H2,1-2H3,(H,17,18). The Hall–Kier alpha value is -1.16. The van der Waals surface area contributed by atoms with Gasteiger partial charge in [-0.3, -0.25) is 4.99 Å². The summed E-state index contributed by atoms with van der Waals surface area (Å²) >= 11 is 1.88. The predicted octanol–water partition coefficient (Wildman–Crippen LogP) is 3.62. The molecular formula is C16H22N2OS. The van der Waals surface area contributed by atoms with Crippen LogP contribution in [0.2, 0.25) is 0 Å². The lowest BCUT2D eigenvalue weighted by molar-refractivity contribution is 0.414. The monoisotopic (exact) mass is 290 g/mol. The molecule has 3 atom stereocenters. The molecule has 0 aromatic heterocycles. The molecule has 1 aliphatic carbocycles. The molecule has 0 radical (unpaired) electrons. The van der Waals surface area contributed by atoms with Crippen molar-refractivity contribution in [3.63, 3.8) is 0 Å². The fourth-order valence-electron chi connectivity index (χ4n) is 3.00. The van der Waals surface area contributed by atoms with Gasteiger partial charge in [0.1, 0.15) is 5.75 Å². The van der Waals surface area contributed by atoms with Gasteiger partial charge < -0.3 is 10.1 Å². The van der Waals surface area contributed by atoms with Gasteiger partial charge in [0.05, 0.1) is 19.2 Å². The van der Waals surface area contributed by atoms with Crippen LogP contribution in [0.5, 0.6) is 5.75 Å². The summed E-state index contributed by atoms with van der Waals surface area (Å²) in [5, 5.41) is 4.68. The Morgan fingerprint density at radius 1 is 1.30 bits per heavy atom. The summed E-state index contributed by atoms with van der Waals surface area (Å²) in [6.07, 6.45) is 3.98. The lowest BCUT2D eigenvalue weighted by atomic mass is 10.1. The van der Waals surface area contributed by atoms with Gasteiger partial charge in [-0.25, -0.2) is 0 Å². The number of nitrogens with one attached hydrogen (secondary N) is 1. The maximum Gasteiger partial charge on any atom is 0.157 e. The fraction of sp³-hybridized carbons (Fsp3) is 0.562. The number of hydrogen-bond donors (Lipinski definition) is 1. The number of methoxy groups -OCH3 is 1. The van der Waals surface area contributed by atoms with Gasteiger partial charge in [-0.15, -0.1) is 0 Å². The van der Waals surface area contributed by atoms with E-state index in [0.29, 0.717) is 6.04 Å². The van der Waals surface area contributed by atoms with Crippen LogP contribution in [-0.2, 0) is 0 Å². The highest BCUT2D eigenvalue weighted by Crippen LogP contribution is 2.35. The maximum absolute atomic E-state index is 5.20. The summed E-state index contributed by atoms with van der Waals surface area (Å²) < 4.78 is 5.20. The predicted molar refractivity (Wildman–Crippen MR) is 85.6 cm³/mol. The fourth-order valence-corrected chi connectivity index (χ4v) is 4.23. The first kappa shape index (κ1) is 13.8. The molecule has 0 spiro atoms. The molecular weight excluding hydrogens is 268 g/mol. The number of amidine groups is 1. The van der Waals surface area contributed by atoms with Crippen molar-refractivity contribution >= 4 is 16.9 Å². The molecule has 108 valence electrons. The largest absolute Gasteiger partial charge is 0.497 e. The highest BCUT2D eigenvalue weighted by molar-refractivity contribution is 8.13. The van der Waals surface area contributed by atoms with E-state index >= 15 is 0 Å². The molecule has 20 heavy (non-hydrogen) atoms. The third-order valence-corrected chi connectivity index (χ3v) is 5.38. The van der Waals surface area contributed by atoms with E-state index in [0.717, 1.165) is 16.8 Å². The van der Waals surface area contributed by atoms with Crippen molar-refractivity contribution in [1.29, 1.82) is 0 Å². The van der Waals surface area contributed by atoms with Crippen LogP contribution in [0.1, 0.15) is 37.8 Å². The molecule has 1 N–H and O–H groups in total. The van der Waals surface area contributed by atoms with Crippen LogP contribution in [0.15, 0.2) is 29.3 Å². The van der Waals surface area contributed by atoms with Gasteiger partial charge in [-0.1, -0.05) is 30.3 Å². The van der Waals surface area contributed by atoms with E-state index in [1.807, 2.05) is 23.9 Å². The number of thioether (sulfide) groups is 1. The van der Waals surface area contributed by atoms with Gasteiger partial charge in [0, 0.05) is 5.75 Å². The Balaban J connectivity index is 1.64. The Labute approximate surface area is 125 Å². The van der Waals surface area contributed by atoms with Gasteiger partial charge in [0.2, 0.25) is 0 Å². The highest BCUT2D eigenvalue weighted by atomic mass is 32.2. The van der Waals surface area contributed by atoms with E-state index in [1.165, 1.54) is 30.6 Å². The van der Waals surface area contributed by atoms with Crippen molar-refractivity contribution in [2.24, 2.45) is 10.9 Å². The number of hydrogen-bond acceptors (Lipinski definition) is 4. The van der Waals surface area contributed by atoms with Gasteiger partial charge in [-0.05, 0) is 43.4 Å². The Bertz CT molecular complexity index is 486. The average Bonchev–Trinajstić information content (AvgIpc) is 2.95. The molecule has 1 saturated carbocycles. The van der Waals surface area contributed by atoms with E-state index in [2.05, 4.69) is 24.4 Å². The van der Waals surface area contributed by atoms with Crippen molar-refractivity contribution < 1.29 is 4.74 Å². The van der Waals surface area contributed by atoms with Crippen LogP contribution in [-0.4, -0.2) is 24.1 Å². The maximum atomic E-state index is 5.20. The van der Waals surface area contributed by atoms with Crippen molar-refractivity contribution in [2.75, 3.05) is 12.9 Å². The second-order valence-electron chi connectivity index (χ2n) is 5.64. The molecule has 2 aliphatic rings. The SMILES string of the molecule is COc1ccc(C(C)NC2=NC3CCCC3CS2)cc1. The summed E-state index contributed by atoms with van der Waals surface area (Å²) in [6.45, 7) is 2.19.